The molecule has 0 saturated carbocycles. The molecule has 3 N–H and O–H groups in total. The van der Waals surface area contributed by atoms with Crippen LogP contribution in [0, 0.1) is 6.92 Å². The molecule has 0 bridgehead atoms. The lowest BCUT2D eigenvalue weighted by molar-refractivity contribution is 0.252. The number of aromatic nitrogens is 2. The Hall–Kier alpha value is -3.35. The zero-order valence-corrected chi connectivity index (χ0v) is 15.8. The van der Waals surface area contributed by atoms with Gasteiger partial charge in [0.25, 0.3) is 0 Å². The second-order valence-corrected chi connectivity index (χ2v) is 6.80. The van der Waals surface area contributed by atoms with Crippen molar-refractivity contribution in [3.05, 3.63) is 59.5 Å². The van der Waals surface area contributed by atoms with Gasteiger partial charge in [-0.05, 0) is 31.4 Å². The first kappa shape index (κ1) is 18.0. The first-order chi connectivity index (χ1) is 13.7. The fourth-order valence-corrected chi connectivity index (χ4v) is 3.28. The van der Waals surface area contributed by atoms with Crippen molar-refractivity contribution in [3.8, 4) is 11.3 Å². The van der Waals surface area contributed by atoms with Crippen LogP contribution in [0.2, 0.25) is 0 Å². The number of hydrogen-bond donors (Lipinski definition) is 3. The van der Waals surface area contributed by atoms with Crippen LogP contribution in [-0.2, 0) is 12.8 Å². The zero-order valence-electron chi connectivity index (χ0n) is 15.8. The second-order valence-electron chi connectivity index (χ2n) is 6.80. The van der Waals surface area contributed by atoms with Gasteiger partial charge in [0, 0.05) is 30.8 Å². The summed E-state index contributed by atoms with van der Waals surface area (Å²) in [6.45, 7) is 3.23. The van der Waals surface area contributed by atoms with Gasteiger partial charge in [-0.15, -0.1) is 0 Å². The monoisotopic (exact) mass is 377 g/mol. The summed E-state index contributed by atoms with van der Waals surface area (Å²) >= 11 is 0. The minimum Gasteiger partial charge on any atom is -0.370 e. The molecule has 3 aromatic rings. The van der Waals surface area contributed by atoms with Crippen molar-refractivity contribution in [2.45, 2.75) is 26.2 Å². The van der Waals surface area contributed by atoms with Crippen molar-refractivity contribution in [3.63, 3.8) is 0 Å². The van der Waals surface area contributed by atoms with E-state index in [2.05, 4.69) is 32.2 Å². The Balaban J connectivity index is 1.35. The molecule has 1 aliphatic heterocycles. The number of carbonyl (C=O) groups excluding carboxylic acids is 1. The van der Waals surface area contributed by atoms with E-state index in [1.165, 1.54) is 5.56 Å². The molecule has 144 valence electrons. The summed E-state index contributed by atoms with van der Waals surface area (Å²) < 4.78 is 5.27. The highest BCUT2D eigenvalue weighted by Gasteiger charge is 2.17. The average molecular weight is 377 g/mol. The van der Waals surface area contributed by atoms with E-state index in [9.17, 15) is 4.79 Å². The van der Waals surface area contributed by atoms with Crippen molar-refractivity contribution in [1.29, 1.82) is 0 Å². The number of urea groups is 1. The van der Waals surface area contributed by atoms with E-state index in [4.69, 9.17) is 4.52 Å². The summed E-state index contributed by atoms with van der Waals surface area (Å²) in [5, 5.41) is 13.1. The fourth-order valence-electron chi connectivity index (χ4n) is 3.28. The number of rotatable bonds is 5. The Morgan fingerprint density at radius 2 is 2.07 bits per heavy atom. The maximum absolute atomic E-state index is 12.3. The van der Waals surface area contributed by atoms with Gasteiger partial charge in [0.15, 0.2) is 5.76 Å². The first-order valence-electron chi connectivity index (χ1n) is 9.50. The third kappa shape index (κ3) is 3.98. The first-order valence-corrected chi connectivity index (χ1v) is 9.50. The summed E-state index contributed by atoms with van der Waals surface area (Å²) in [5.74, 6) is 1.54. The molecule has 0 atom stereocenters. The third-order valence-electron chi connectivity index (χ3n) is 4.77. The Morgan fingerprint density at radius 1 is 1.21 bits per heavy atom. The highest BCUT2D eigenvalue weighted by atomic mass is 16.5. The standard InChI is InChI=1S/C21H23N5O2/c1-14-18(19(26-28-14)15-6-3-2-4-7-15)25-21(27)23-13-11-17-10-9-16-8-5-12-22-20(16)24-17/h2-4,6-7,9-10H,5,8,11-13H2,1H3,(H,22,24)(H2,23,25,27). The third-order valence-corrected chi connectivity index (χ3v) is 4.77. The Labute approximate surface area is 163 Å². The van der Waals surface area contributed by atoms with Gasteiger partial charge in [-0.1, -0.05) is 41.6 Å². The van der Waals surface area contributed by atoms with Crippen LogP contribution in [0.25, 0.3) is 11.3 Å². The van der Waals surface area contributed by atoms with Gasteiger partial charge in [-0.3, -0.25) is 0 Å². The van der Waals surface area contributed by atoms with E-state index in [0.717, 1.165) is 36.5 Å². The van der Waals surface area contributed by atoms with Crippen LogP contribution in [0.1, 0.15) is 23.4 Å². The van der Waals surface area contributed by atoms with Crippen LogP contribution in [0.4, 0.5) is 16.3 Å². The molecule has 0 radical (unpaired) electrons. The Morgan fingerprint density at radius 3 is 2.93 bits per heavy atom. The number of hydrogen-bond acceptors (Lipinski definition) is 5. The predicted molar refractivity (Wildman–Crippen MR) is 108 cm³/mol. The van der Waals surface area contributed by atoms with E-state index in [0.29, 0.717) is 30.1 Å². The summed E-state index contributed by atoms with van der Waals surface area (Å²) in [7, 11) is 0. The molecule has 1 aromatic carbocycles. The highest BCUT2D eigenvalue weighted by Crippen LogP contribution is 2.29. The molecule has 0 spiro atoms. The summed E-state index contributed by atoms with van der Waals surface area (Å²) in [4.78, 5) is 17.0. The van der Waals surface area contributed by atoms with Crippen molar-refractivity contribution >= 4 is 17.5 Å². The maximum atomic E-state index is 12.3. The quantitative estimate of drug-likeness (QED) is 0.629. The molecule has 7 heteroatoms. The molecule has 0 unspecified atom stereocenters. The van der Waals surface area contributed by atoms with Crippen LogP contribution in [0.5, 0.6) is 0 Å². The highest BCUT2D eigenvalue weighted by molar-refractivity contribution is 5.94. The largest absolute Gasteiger partial charge is 0.370 e. The smallest absolute Gasteiger partial charge is 0.319 e. The number of pyridine rings is 1. The minimum atomic E-state index is -0.292. The van der Waals surface area contributed by atoms with Crippen molar-refractivity contribution in [2.24, 2.45) is 0 Å². The summed E-state index contributed by atoms with van der Waals surface area (Å²) in [6, 6.07) is 13.5. The van der Waals surface area contributed by atoms with Crippen molar-refractivity contribution < 1.29 is 9.32 Å². The lowest BCUT2D eigenvalue weighted by atomic mass is 10.1. The Bertz CT molecular complexity index is 968. The molecule has 4 rings (SSSR count). The van der Waals surface area contributed by atoms with E-state index in [-0.39, 0.29) is 6.03 Å². The average Bonchev–Trinajstić information content (AvgIpc) is 3.09. The van der Waals surface area contributed by atoms with E-state index in [1.807, 2.05) is 36.4 Å². The van der Waals surface area contributed by atoms with Crippen molar-refractivity contribution in [1.82, 2.24) is 15.5 Å². The molecule has 7 nitrogen and oxygen atoms in total. The molecule has 0 aliphatic carbocycles. The predicted octanol–water partition coefficient (Wildman–Crippen LogP) is 3.77. The lowest BCUT2D eigenvalue weighted by Gasteiger charge is -2.17. The van der Waals surface area contributed by atoms with Gasteiger partial charge in [-0.25, -0.2) is 9.78 Å². The number of amides is 2. The van der Waals surface area contributed by atoms with Crippen LogP contribution in [0.3, 0.4) is 0 Å². The number of carbonyl (C=O) groups is 1. The zero-order chi connectivity index (χ0) is 19.3. The van der Waals surface area contributed by atoms with Crippen LogP contribution in [0.15, 0.2) is 47.0 Å². The number of fused-ring (bicyclic) bond motifs is 1. The number of aryl methyl sites for hydroxylation is 2. The van der Waals surface area contributed by atoms with Crippen LogP contribution in [-0.4, -0.2) is 29.3 Å². The van der Waals surface area contributed by atoms with Gasteiger partial charge >= 0.3 is 6.03 Å². The molecule has 0 fully saturated rings. The fraction of sp³-hybridized carbons (Fsp3) is 0.286. The van der Waals surface area contributed by atoms with Gasteiger partial charge in [0.2, 0.25) is 0 Å². The summed E-state index contributed by atoms with van der Waals surface area (Å²) in [6.07, 6.45) is 2.87. The minimum absolute atomic E-state index is 0.292. The SMILES string of the molecule is Cc1onc(-c2ccccc2)c1NC(=O)NCCc1ccc2c(n1)NCCC2. The molecular weight excluding hydrogens is 354 g/mol. The van der Waals surface area contributed by atoms with E-state index < -0.39 is 0 Å². The molecule has 1 aliphatic rings. The molecule has 3 heterocycles. The van der Waals surface area contributed by atoms with E-state index >= 15 is 0 Å². The van der Waals surface area contributed by atoms with E-state index in [1.54, 1.807) is 6.92 Å². The topological polar surface area (TPSA) is 92.1 Å². The maximum Gasteiger partial charge on any atom is 0.319 e. The van der Waals surface area contributed by atoms with Crippen molar-refractivity contribution in [2.75, 3.05) is 23.7 Å². The lowest BCUT2D eigenvalue weighted by Crippen LogP contribution is -2.31. The number of nitrogens with one attached hydrogen (secondary N) is 3. The van der Waals surface area contributed by atoms with Gasteiger partial charge < -0.3 is 20.5 Å². The summed E-state index contributed by atoms with van der Waals surface area (Å²) in [5.41, 5.74) is 4.31. The normalized spacial score (nSPS) is 12.8. The Kier molecular flexibility index (Phi) is 5.23. The molecule has 28 heavy (non-hydrogen) atoms. The van der Waals surface area contributed by atoms with Crippen LogP contribution >= 0.6 is 0 Å². The van der Waals surface area contributed by atoms with Gasteiger partial charge in [-0.2, -0.15) is 0 Å². The number of anilines is 2. The molecule has 2 aromatic heterocycles. The molecule has 0 saturated heterocycles. The number of benzene rings is 1. The van der Waals surface area contributed by atoms with Crippen LogP contribution < -0.4 is 16.0 Å². The van der Waals surface area contributed by atoms with Gasteiger partial charge in [0.05, 0.1) is 0 Å². The second kappa shape index (κ2) is 8.12. The van der Waals surface area contributed by atoms with Gasteiger partial charge in [0.1, 0.15) is 17.2 Å². The molecule has 2 amide bonds. The molecular formula is C21H23N5O2. The number of nitrogens with zero attached hydrogens (tertiary/aromatic N) is 2.